The summed E-state index contributed by atoms with van der Waals surface area (Å²) in [6, 6.07) is 17.1. The molecular formula is C22H19N3O3S. The lowest BCUT2D eigenvalue weighted by Gasteiger charge is -2.09. The molecule has 0 aliphatic heterocycles. The van der Waals surface area contributed by atoms with E-state index in [0.29, 0.717) is 23.1 Å². The van der Waals surface area contributed by atoms with Crippen LogP contribution in [0, 0.1) is 0 Å². The lowest BCUT2D eigenvalue weighted by atomic mass is 10.2. The molecule has 29 heavy (non-hydrogen) atoms. The first kappa shape index (κ1) is 19.0. The van der Waals surface area contributed by atoms with Crippen molar-refractivity contribution in [1.82, 2.24) is 14.5 Å². The molecule has 2 aromatic carbocycles. The van der Waals surface area contributed by atoms with Gasteiger partial charge in [0.2, 0.25) is 0 Å². The van der Waals surface area contributed by atoms with E-state index in [0.717, 1.165) is 16.3 Å². The minimum atomic E-state index is -0.346. The Kier molecular flexibility index (Phi) is 5.48. The van der Waals surface area contributed by atoms with E-state index >= 15 is 0 Å². The summed E-state index contributed by atoms with van der Waals surface area (Å²) < 4.78 is 6.83. The van der Waals surface area contributed by atoms with Crippen LogP contribution in [0.25, 0.3) is 21.5 Å². The van der Waals surface area contributed by atoms with Crippen molar-refractivity contribution in [3.63, 3.8) is 0 Å². The minimum Gasteiger partial charge on any atom is -0.459 e. The Hall–Kier alpha value is -3.32. The van der Waals surface area contributed by atoms with E-state index in [4.69, 9.17) is 4.74 Å². The molecule has 0 fully saturated rings. The maximum absolute atomic E-state index is 12.4. The van der Waals surface area contributed by atoms with Crippen molar-refractivity contribution in [2.75, 3.05) is 0 Å². The van der Waals surface area contributed by atoms with Crippen molar-refractivity contribution in [3.8, 4) is 10.6 Å². The maximum atomic E-state index is 12.4. The van der Waals surface area contributed by atoms with Crippen molar-refractivity contribution in [1.29, 1.82) is 0 Å². The van der Waals surface area contributed by atoms with Crippen LogP contribution in [-0.4, -0.2) is 20.5 Å². The van der Waals surface area contributed by atoms with Crippen LogP contribution in [0.3, 0.4) is 0 Å². The fraction of sp³-hybridized carbons (Fsp3) is 0.182. The van der Waals surface area contributed by atoms with Gasteiger partial charge in [-0.3, -0.25) is 14.2 Å². The van der Waals surface area contributed by atoms with E-state index in [1.54, 1.807) is 19.2 Å². The Balaban J connectivity index is 1.36. The number of thiazole rings is 1. The summed E-state index contributed by atoms with van der Waals surface area (Å²) in [5.41, 5.74) is 2.28. The molecule has 2 aromatic heterocycles. The summed E-state index contributed by atoms with van der Waals surface area (Å²) in [6.45, 7) is 0.131. The van der Waals surface area contributed by atoms with Gasteiger partial charge in [-0.2, -0.15) is 0 Å². The number of aromatic nitrogens is 3. The first-order valence-corrected chi connectivity index (χ1v) is 10.1. The summed E-state index contributed by atoms with van der Waals surface area (Å²) >= 11 is 1.52. The van der Waals surface area contributed by atoms with Gasteiger partial charge >= 0.3 is 5.97 Å². The third kappa shape index (κ3) is 4.25. The van der Waals surface area contributed by atoms with Gasteiger partial charge in [0.1, 0.15) is 17.4 Å². The highest BCUT2D eigenvalue weighted by Gasteiger charge is 2.12. The largest absolute Gasteiger partial charge is 0.459 e. The van der Waals surface area contributed by atoms with E-state index in [9.17, 15) is 9.59 Å². The third-order valence-corrected chi connectivity index (χ3v) is 5.52. The first-order chi connectivity index (χ1) is 14.1. The molecule has 6 nitrogen and oxygen atoms in total. The Bertz CT molecular complexity index is 1210. The molecular weight excluding hydrogens is 386 g/mol. The van der Waals surface area contributed by atoms with Crippen molar-refractivity contribution in [3.05, 3.63) is 81.8 Å². The van der Waals surface area contributed by atoms with E-state index in [-0.39, 0.29) is 24.6 Å². The molecule has 0 saturated heterocycles. The molecule has 0 spiro atoms. The smallest absolute Gasteiger partial charge is 0.306 e. The van der Waals surface area contributed by atoms with Gasteiger partial charge in [0, 0.05) is 24.4 Å². The fourth-order valence-electron chi connectivity index (χ4n) is 3.01. The number of para-hydroxylation sites is 1. The number of carbonyl (C=O) groups is 1. The molecule has 4 rings (SSSR count). The van der Waals surface area contributed by atoms with Gasteiger partial charge in [0.05, 0.1) is 23.0 Å². The summed E-state index contributed by atoms with van der Waals surface area (Å²) in [4.78, 5) is 33.6. The van der Waals surface area contributed by atoms with Crippen molar-refractivity contribution < 1.29 is 9.53 Å². The molecule has 0 aliphatic carbocycles. The highest BCUT2D eigenvalue weighted by Crippen LogP contribution is 2.23. The Morgan fingerprint density at radius 1 is 1.07 bits per heavy atom. The number of hydrogen-bond donors (Lipinski definition) is 0. The van der Waals surface area contributed by atoms with Crippen LogP contribution in [0.1, 0.15) is 17.9 Å². The van der Waals surface area contributed by atoms with E-state index in [1.165, 1.54) is 15.9 Å². The van der Waals surface area contributed by atoms with Crippen LogP contribution in [0.4, 0.5) is 0 Å². The predicted octanol–water partition coefficient (Wildman–Crippen LogP) is 3.73. The second-order valence-electron chi connectivity index (χ2n) is 6.58. The number of rotatable bonds is 6. The predicted molar refractivity (Wildman–Crippen MR) is 113 cm³/mol. The second kappa shape index (κ2) is 8.36. The number of benzene rings is 2. The molecule has 0 amide bonds. The number of carbonyl (C=O) groups excluding carboxylic acids is 1. The molecule has 4 aromatic rings. The average Bonchev–Trinajstić information content (AvgIpc) is 3.23. The molecule has 0 saturated carbocycles. The van der Waals surface area contributed by atoms with Crippen LogP contribution in [0.2, 0.25) is 0 Å². The van der Waals surface area contributed by atoms with E-state index < -0.39 is 0 Å². The molecule has 0 radical (unpaired) electrons. The van der Waals surface area contributed by atoms with Gasteiger partial charge in [0.15, 0.2) is 0 Å². The molecule has 7 heteroatoms. The maximum Gasteiger partial charge on any atom is 0.306 e. The zero-order chi connectivity index (χ0) is 20.2. The molecule has 0 N–H and O–H groups in total. The quantitative estimate of drug-likeness (QED) is 0.457. The fourth-order valence-corrected chi connectivity index (χ4v) is 3.83. The molecule has 0 unspecified atom stereocenters. The number of nitrogens with zero attached hydrogens (tertiary/aromatic N) is 3. The van der Waals surface area contributed by atoms with Crippen LogP contribution in [0.15, 0.2) is 64.8 Å². The van der Waals surface area contributed by atoms with Crippen molar-refractivity contribution >= 4 is 28.2 Å². The van der Waals surface area contributed by atoms with Gasteiger partial charge in [0.25, 0.3) is 5.56 Å². The summed E-state index contributed by atoms with van der Waals surface area (Å²) in [5, 5.41) is 3.36. The normalized spacial score (nSPS) is 10.9. The topological polar surface area (TPSA) is 74.1 Å². The highest BCUT2D eigenvalue weighted by atomic mass is 32.1. The van der Waals surface area contributed by atoms with Crippen LogP contribution >= 0.6 is 11.3 Å². The van der Waals surface area contributed by atoms with Crippen LogP contribution < -0.4 is 5.56 Å². The van der Waals surface area contributed by atoms with Gasteiger partial charge in [-0.25, -0.2) is 9.97 Å². The lowest BCUT2D eigenvalue weighted by Crippen LogP contribution is -2.23. The summed E-state index contributed by atoms with van der Waals surface area (Å²) in [7, 11) is 1.67. The number of esters is 1. The monoisotopic (exact) mass is 405 g/mol. The molecule has 2 heterocycles. The number of hydrogen-bond acceptors (Lipinski definition) is 6. The van der Waals surface area contributed by atoms with Gasteiger partial charge in [-0.15, -0.1) is 11.3 Å². The van der Waals surface area contributed by atoms with Gasteiger partial charge < -0.3 is 4.74 Å². The SMILES string of the molecule is Cn1c(CCC(=O)OCc2csc(-c3ccccc3)n2)nc2ccccc2c1=O. The number of ether oxygens (including phenoxy) is 1. The minimum absolute atomic E-state index is 0.116. The zero-order valence-corrected chi connectivity index (χ0v) is 16.7. The number of aryl methyl sites for hydroxylation is 1. The first-order valence-electron chi connectivity index (χ1n) is 9.22. The Morgan fingerprint density at radius 2 is 1.83 bits per heavy atom. The summed E-state index contributed by atoms with van der Waals surface area (Å²) in [6.07, 6.45) is 0.482. The molecule has 0 aliphatic rings. The average molecular weight is 405 g/mol. The Morgan fingerprint density at radius 3 is 2.66 bits per heavy atom. The lowest BCUT2D eigenvalue weighted by molar-refractivity contribution is -0.145. The van der Waals surface area contributed by atoms with Crippen LogP contribution in [0.5, 0.6) is 0 Å². The zero-order valence-electron chi connectivity index (χ0n) is 15.9. The molecule has 0 bridgehead atoms. The standard InChI is InChI=1S/C22H19N3O3S/c1-25-19(24-18-10-6-5-9-17(18)22(25)27)11-12-20(26)28-13-16-14-29-21(23-16)15-7-3-2-4-8-15/h2-10,14H,11-13H2,1H3. The summed E-state index contributed by atoms with van der Waals surface area (Å²) in [5.74, 6) is 0.215. The van der Waals surface area contributed by atoms with Crippen molar-refractivity contribution in [2.45, 2.75) is 19.4 Å². The van der Waals surface area contributed by atoms with E-state index in [2.05, 4.69) is 9.97 Å². The second-order valence-corrected chi connectivity index (χ2v) is 7.44. The van der Waals surface area contributed by atoms with Crippen molar-refractivity contribution in [2.24, 2.45) is 7.05 Å². The third-order valence-electron chi connectivity index (χ3n) is 4.58. The van der Waals surface area contributed by atoms with Gasteiger partial charge in [-0.05, 0) is 12.1 Å². The molecule has 0 atom stereocenters. The van der Waals surface area contributed by atoms with E-state index in [1.807, 2.05) is 47.8 Å². The molecule has 146 valence electrons. The Labute approximate surface area is 171 Å². The van der Waals surface area contributed by atoms with Crippen LogP contribution in [-0.2, 0) is 29.6 Å². The van der Waals surface area contributed by atoms with Gasteiger partial charge in [-0.1, -0.05) is 42.5 Å². The highest BCUT2D eigenvalue weighted by molar-refractivity contribution is 7.13. The number of fused-ring (bicyclic) bond motifs is 1.